The van der Waals surface area contributed by atoms with E-state index in [4.69, 9.17) is 15.9 Å². The number of nitrogens with one attached hydrogen (secondary N) is 3. The van der Waals surface area contributed by atoms with Crippen molar-refractivity contribution in [3.8, 4) is 0 Å². The molecule has 3 amide bonds. The monoisotopic (exact) mass is 1270 g/mol. The Kier molecular flexibility index (Phi) is 53.2. The lowest BCUT2D eigenvalue weighted by Gasteiger charge is -2.19. The van der Waals surface area contributed by atoms with Crippen LogP contribution in [0.25, 0.3) is 0 Å². The average Bonchev–Trinajstić information content (AvgIpc) is 3.47. The third-order valence-electron chi connectivity index (χ3n) is 12.1. The van der Waals surface area contributed by atoms with Crippen molar-refractivity contribution in [1.82, 2.24) is 20.9 Å². The van der Waals surface area contributed by atoms with Crippen LogP contribution in [0.5, 0.6) is 0 Å². The summed E-state index contributed by atoms with van der Waals surface area (Å²) in [6.07, 6.45) is 35.5. The Morgan fingerprint density at radius 3 is 1.51 bits per heavy atom. The number of aromatic nitrogens is 3. The van der Waals surface area contributed by atoms with Gasteiger partial charge in [-0.25, -0.2) is 9.13 Å². The van der Waals surface area contributed by atoms with Gasteiger partial charge in [-0.1, -0.05) is 128 Å². The van der Waals surface area contributed by atoms with E-state index >= 15 is 0 Å². The molecule has 460 valence electrons. The molecule has 0 bridgehead atoms. The van der Waals surface area contributed by atoms with E-state index in [9.17, 15) is 45.0 Å². The van der Waals surface area contributed by atoms with E-state index in [2.05, 4.69) is 45.5 Å². The first-order valence-electron chi connectivity index (χ1n) is 28.4. The molecular weight excluding hydrogens is 1170 g/mol. The number of unbranched alkanes of at least 4 members (excludes halogenated alkanes) is 6. The Morgan fingerprint density at radius 2 is 1.01 bits per heavy atom. The largest absolute Gasteiger partial charge is 1.00 e. The number of halogens is 2. The van der Waals surface area contributed by atoms with Gasteiger partial charge in [-0.05, 0) is 62.3 Å². The first kappa shape index (κ1) is 80.6. The summed E-state index contributed by atoms with van der Waals surface area (Å²) in [7, 11) is 0. The van der Waals surface area contributed by atoms with Gasteiger partial charge in [0.15, 0.2) is 24.8 Å². The average molecular weight is 1270 g/mol. The van der Waals surface area contributed by atoms with Gasteiger partial charge in [0.2, 0.25) is 11.8 Å². The second-order valence-corrected chi connectivity index (χ2v) is 19.1. The van der Waals surface area contributed by atoms with Gasteiger partial charge in [0, 0.05) is 49.4 Å². The van der Waals surface area contributed by atoms with Crippen LogP contribution in [-0.4, -0.2) is 139 Å². The van der Waals surface area contributed by atoms with Gasteiger partial charge in [0.25, 0.3) is 5.91 Å². The number of rotatable bonds is 35. The fourth-order valence-corrected chi connectivity index (χ4v) is 7.28. The third kappa shape index (κ3) is 40.3. The number of nitrogens with zero attached hydrogens (tertiary/aromatic N) is 3. The number of carbonyl (C=O) groups is 3. The Balaban J connectivity index is -0.00000104. The molecule has 3 heterocycles. The standard InChI is InChI=1S/C21H34N2O3.C19H30N2O3.C14H20N2O3.C7H15NO2.2BrH/c1-3-5-7-8-9-10-14-23-15-11-12-18(16-23)21(26)22-19(17-24)20(25)13-6-4-2;1-3-5-9-18(23)17(15-22)20-19(24)11-10-16-8-7-13-21(14-16)12-6-4-2;1-2-3-6-13(18)12(10-17)16-14(19)8-11-5-4-7-15-9-11;1-2-3-4-7(10)6(8)5-9;;/h6,11-13,15-16,19-20,24-25H,3-5,7-10,14,17H2,1-2H3;5,7-9,13-14,17-18,22-23H,3-4,6,10-12,15H2,1-2H3;3-7,9,12-13,17-18H,2,8,10H2,1H3,(H,16,19);3-4,6-7,9-10H,2,5,8H2,1H3;2*1H/b13-6+;9-5+;6-3+;4-3+;;/t19-,20+;17-,18+;12-,13+;6-,7+;;/m0000../s1. The fraction of sp³-hybridized carbons (Fsp3) is 0.574. The second kappa shape index (κ2) is 53.4. The Morgan fingerprint density at radius 1 is 0.556 bits per heavy atom. The van der Waals surface area contributed by atoms with E-state index in [-0.39, 0.29) is 84.5 Å². The SMILES string of the molecule is CC/C=C/[C@@H](O)[C@@H](N)CO.CC/C=C/[C@@H](O)[C@H](CO)NC(=O)CCc1ccc[n+](CCCC)c1.CC/C=C/[C@@H](O)[C@H](CO)NC(=O)Cc1cccnc1.CC/C=C/[C@@H](O)[C@H](CO)NC(=O)c1ccc[n+](CCCCCCCC)c1.[Br-].[Br-]. The number of allylic oxidation sites excluding steroid dienone is 4. The molecule has 0 radical (unpaired) electrons. The van der Waals surface area contributed by atoms with Crippen molar-refractivity contribution in [3.05, 3.63) is 139 Å². The van der Waals surface area contributed by atoms with Crippen LogP contribution in [0, 0.1) is 0 Å². The van der Waals surface area contributed by atoms with Gasteiger partial charge in [-0.15, -0.1) is 0 Å². The van der Waals surface area contributed by atoms with Crippen molar-refractivity contribution in [2.45, 2.75) is 200 Å². The van der Waals surface area contributed by atoms with Crippen molar-refractivity contribution in [1.29, 1.82) is 0 Å². The quantitative estimate of drug-likeness (QED) is 0.0179. The summed E-state index contributed by atoms with van der Waals surface area (Å²) >= 11 is 0. The lowest BCUT2D eigenvalue weighted by Crippen LogP contribution is -3.00. The predicted molar refractivity (Wildman–Crippen MR) is 311 cm³/mol. The first-order chi connectivity index (χ1) is 38.1. The molecule has 8 atom stereocenters. The highest BCUT2D eigenvalue weighted by atomic mass is 79.9. The molecule has 0 saturated heterocycles. The second-order valence-electron chi connectivity index (χ2n) is 19.1. The van der Waals surface area contributed by atoms with Crippen LogP contribution in [0.15, 0.2) is 122 Å². The zero-order chi connectivity index (χ0) is 59.1. The number of aliphatic hydroxyl groups excluding tert-OH is 8. The number of hydrogen-bond acceptors (Lipinski definition) is 13. The molecule has 3 aromatic heterocycles. The van der Waals surface area contributed by atoms with E-state index in [1.807, 2.05) is 87.3 Å². The Bertz CT molecular complexity index is 2140. The summed E-state index contributed by atoms with van der Waals surface area (Å²) in [5, 5.41) is 83.3. The molecule has 0 aliphatic carbocycles. The van der Waals surface area contributed by atoms with E-state index in [0.717, 1.165) is 69.2 Å². The molecule has 0 saturated carbocycles. The van der Waals surface area contributed by atoms with Crippen LogP contribution < -0.4 is 64.8 Å². The van der Waals surface area contributed by atoms with Crippen molar-refractivity contribution >= 4 is 17.7 Å². The minimum absolute atomic E-state index is 0. The summed E-state index contributed by atoms with van der Waals surface area (Å²) in [6.45, 7) is 13.0. The van der Waals surface area contributed by atoms with Crippen LogP contribution >= 0.6 is 0 Å². The highest BCUT2D eigenvalue weighted by molar-refractivity contribution is 5.93. The molecule has 3 aromatic rings. The molecule has 0 spiro atoms. The van der Waals surface area contributed by atoms with Crippen LogP contribution in [-0.2, 0) is 35.5 Å². The maximum absolute atomic E-state index is 12.4. The normalized spacial score (nSPS) is 14.0. The van der Waals surface area contributed by atoms with Crippen molar-refractivity contribution in [2.24, 2.45) is 5.73 Å². The minimum atomic E-state index is -0.900. The van der Waals surface area contributed by atoms with Crippen molar-refractivity contribution in [3.63, 3.8) is 0 Å². The van der Waals surface area contributed by atoms with Crippen LogP contribution in [0.4, 0.5) is 0 Å². The molecule has 0 fully saturated rings. The topological polar surface area (TPSA) is 296 Å². The molecule has 0 unspecified atom stereocenters. The minimum Gasteiger partial charge on any atom is -1.00 e. The number of carbonyl (C=O) groups excluding carboxylic acids is 3. The zero-order valence-electron chi connectivity index (χ0n) is 49.0. The van der Waals surface area contributed by atoms with E-state index in [1.165, 1.54) is 32.1 Å². The molecule has 81 heavy (non-hydrogen) atoms. The highest BCUT2D eigenvalue weighted by Gasteiger charge is 2.22. The molecule has 18 nitrogen and oxygen atoms in total. The number of aryl methyl sites for hydroxylation is 3. The summed E-state index contributed by atoms with van der Waals surface area (Å²) in [4.78, 5) is 40.2. The number of pyridine rings is 3. The first-order valence-corrected chi connectivity index (χ1v) is 28.4. The number of amides is 3. The van der Waals surface area contributed by atoms with Gasteiger partial charge < -0.3 is 96.5 Å². The Hall–Kier alpha value is -4.58. The molecular formula is C61H101Br2N7O11. The lowest BCUT2D eigenvalue weighted by atomic mass is 10.1. The molecule has 13 N–H and O–H groups in total. The van der Waals surface area contributed by atoms with Gasteiger partial charge >= 0.3 is 0 Å². The molecule has 3 rings (SSSR count). The fourth-order valence-electron chi connectivity index (χ4n) is 7.28. The molecule has 20 heteroatoms. The van der Waals surface area contributed by atoms with E-state index in [0.29, 0.717) is 18.4 Å². The van der Waals surface area contributed by atoms with Crippen LogP contribution in [0.1, 0.15) is 146 Å². The summed E-state index contributed by atoms with van der Waals surface area (Å²) in [5.41, 5.74) is 7.73. The Labute approximate surface area is 505 Å². The van der Waals surface area contributed by atoms with Gasteiger partial charge in [0.1, 0.15) is 18.7 Å². The number of aliphatic hydroxyl groups is 8. The number of nitrogens with two attached hydrogens (primary N) is 1. The summed E-state index contributed by atoms with van der Waals surface area (Å²) < 4.78 is 4.17. The molecule has 0 aliphatic heterocycles. The predicted octanol–water partition coefficient (Wildman–Crippen LogP) is -1.67. The van der Waals surface area contributed by atoms with Gasteiger partial charge in [0.05, 0.1) is 81.4 Å². The van der Waals surface area contributed by atoms with Crippen LogP contribution in [0.2, 0.25) is 0 Å². The number of hydrogen-bond donors (Lipinski definition) is 12. The highest BCUT2D eigenvalue weighted by Crippen LogP contribution is 2.07. The molecule has 0 aromatic carbocycles. The smallest absolute Gasteiger partial charge is 0.257 e. The van der Waals surface area contributed by atoms with E-state index in [1.54, 1.807) is 61.0 Å². The maximum atomic E-state index is 12.4. The third-order valence-corrected chi connectivity index (χ3v) is 12.1. The van der Waals surface area contributed by atoms with Crippen molar-refractivity contribution < 1.29 is 98.3 Å². The van der Waals surface area contributed by atoms with Crippen LogP contribution in [0.3, 0.4) is 0 Å². The lowest BCUT2D eigenvalue weighted by molar-refractivity contribution is -0.697. The maximum Gasteiger partial charge on any atom is 0.257 e. The van der Waals surface area contributed by atoms with Crippen molar-refractivity contribution in [2.75, 3.05) is 26.4 Å². The zero-order valence-corrected chi connectivity index (χ0v) is 52.2. The van der Waals surface area contributed by atoms with E-state index < -0.39 is 48.6 Å². The van der Waals surface area contributed by atoms with Gasteiger partial charge in [-0.2, -0.15) is 0 Å². The summed E-state index contributed by atoms with van der Waals surface area (Å²) in [6, 6.07) is 8.55. The summed E-state index contributed by atoms with van der Waals surface area (Å²) in [5.74, 6) is -0.705. The molecule has 0 aliphatic rings. The van der Waals surface area contributed by atoms with Gasteiger partial charge in [-0.3, -0.25) is 19.4 Å².